The molecule has 0 saturated heterocycles. The lowest BCUT2D eigenvalue weighted by Gasteiger charge is -2.26. The van der Waals surface area contributed by atoms with Crippen LogP contribution in [0.1, 0.15) is 40.5 Å². The quantitative estimate of drug-likeness (QED) is 0.652. The second-order valence-electron chi connectivity index (χ2n) is 4.15. The van der Waals surface area contributed by atoms with Crippen LogP contribution in [0.4, 0.5) is 0 Å². The largest absolute Gasteiger partial charge is 0.353 e. The summed E-state index contributed by atoms with van der Waals surface area (Å²) < 4.78 is 0. The van der Waals surface area contributed by atoms with E-state index in [0.717, 1.165) is 19.6 Å². The standard InChI is InChI=1S/C12H27N3O/c1-5-12(13,6-2)11(16)14-9-10-15(7-3)8-4/h5-10,13H2,1-4H3,(H,14,16). The first-order valence-corrected chi connectivity index (χ1v) is 6.33. The fourth-order valence-electron chi connectivity index (χ4n) is 1.61. The first-order chi connectivity index (χ1) is 7.53. The summed E-state index contributed by atoms with van der Waals surface area (Å²) in [7, 11) is 0. The lowest BCUT2D eigenvalue weighted by atomic mass is 9.93. The molecule has 0 spiro atoms. The lowest BCUT2D eigenvalue weighted by molar-refractivity contribution is -0.126. The number of likely N-dealkylation sites (N-methyl/N-ethyl adjacent to an activating group) is 1. The normalized spacial score (nSPS) is 11.9. The molecule has 0 saturated carbocycles. The van der Waals surface area contributed by atoms with Crippen LogP contribution < -0.4 is 11.1 Å². The molecule has 0 aliphatic rings. The molecule has 1 amide bonds. The van der Waals surface area contributed by atoms with Crippen LogP contribution in [0, 0.1) is 0 Å². The second kappa shape index (κ2) is 7.63. The Kier molecular flexibility index (Phi) is 7.34. The van der Waals surface area contributed by atoms with Crippen LogP contribution in [0.25, 0.3) is 0 Å². The zero-order valence-electron chi connectivity index (χ0n) is 11.2. The molecule has 16 heavy (non-hydrogen) atoms. The molecule has 0 unspecified atom stereocenters. The van der Waals surface area contributed by atoms with Crippen molar-refractivity contribution in [2.75, 3.05) is 26.2 Å². The minimum Gasteiger partial charge on any atom is -0.353 e. The zero-order valence-corrected chi connectivity index (χ0v) is 11.2. The minimum atomic E-state index is -0.691. The van der Waals surface area contributed by atoms with Gasteiger partial charge < -0.3 is 16.0 Å². The molecule has 0 atom stereocenters. The molecule has 0 fully saturated rings. The van der Waals surface area contributed by atoms with Gasteiger partial charge in [-0.1, -0.05) is 27.7 Å². The molecular weight excluding hydrogens is 202 g/mol. The van der Waals surface area contributed by atoms with Crippen molar-refractivity contribution in [3.8, 4) is 0 Å². The zero-order chi connectivity index (χ0) is 12.6. The summed E-state index contributed by atoms with van der Waals surface area (Å²) >= 11 is 0. The van der Waals surface area contributed by atoms with Gasteiger partial charge in [0.2, 0.25) is 5.91 Å². The molecule has 0 aliphatic carbocycles. The smallest absolute Gasteiger partial charge is 0.240 e. The van der Waals surface area contributed by atoms with E-state index in [-0.39, 0.29) is 5.91 Å². The number of hydrogen-bond acceptors (Lipinski definition) is 3. The van der Waals surface area contributed by atoms with E-state index in [2.05, 4.69) is 24.1 Å². The third-order valence-electron chi connectivity index (χ3n) is 3.32. The van der Waals surface area contributed by atoms with Gasteiger partial charge in [-0.15, -0.1) is 0 Å². The van der Waals surface area contributed by atoms with E-state index in [1.54, 1.807) is 0 Å². The van der Waals surface area contributed by atoms with Gasteiger partial charge in [0.25, 0.3) is 0 Å². The molecular formula is C12H27N3O. The molecule has 4 heteroatoms. The van der Waals surface area contributed by atoms with E-state index in [9.17, 15) is 4.79 Å². The van der Waals surface area contributed by atoms with Gasteiger partial charge in [-0.25, -0.2) is 0 Å². The van der Waals surface area contributed by atoms with Crippen molar-refractivity contribution < 1.29 is 4.79 Å². The molecule has 0 aromatic carbocycles. The van der Waals surface area contributed by atoms with Gasteiger partial charge >= 0.3 is 0 Å². The minimum absolute atomic E-state index is 0.0235. The molecule has 0 aliphatic heterocycles. The first kappa shape index (κ1) is 15.4. The Hall–Kier alpha value is -0.610. The van der Waals surface area contributed by atoms with Crippen molar-refractivity contribution in [3.05, 3.63) is 0 Å². The summed E-state index contributed by atoms with van der Waals surface area (Å²) in [5.41, 5.74) is 5.31. The van der Waals surface area contributed by atoms with Crippen LogP contribution in [0.3, 0.4) is 0 Å². The molecule has 0 heterocycles. The first-order valence-electron chi connectivity index (χ1n) is 6.33. The highest BCUT2D eigenvalue weighted by molar-refractivity contribution is 5.85. The summed E-state index contributed by atoms with van der Waals surface area (Å²) in [6.07, 6.45) is 1.36. The van der Waals surface area contributed by atoms with Gasteiger partial charge in [-0.2, -0.15) is 0 Å². The Balaban J connectivity index is 3.97. The fourth-order valence-corrected chi connectivity index (χ4v) is 1.61. The van der Waals surface area contributed by atoms with Crippen molar-refractivity contribution in [1.82, 2.24) is 10.2 Å². The number of amides is 1. The van der Waals surface area contributed by atoms with Crippen LogP contribution in [-0.2, 0) is 4.79 Å². The molecule has 0 radical (unpaired) electrons. The topological polar surface area (TPSA) is 58.4 Å². The van der Waals surface area contributed by atoms with E-state index in [1.165, 1.54) is 0 Å². The summed E-state index contributed by atoms with van der Waals surface area (Å²) in [6.45, 7) is 11.7. The van der Waals surface area contributed by atoms with Gasteiger partial charge in [0.15, 0.2) is 0 Å². The highest BCUT2D eigenvalue weighted by Gasteiger charge is 2.29. The number of nitrogens with zero attached hydrogens (tertiary/aromatic N) is 1. The van der Waals surface area contributed by atoms with E-state index in [4.69, 9.17) is 5.73 Å². The SMILES string of the molecule is CCN(CC)CCNC(=O)C(N)(CC)CC. The molecule has 0 aromatic heterocycles. The maximum absolute atomic E-state index is 11.8. The van der Waals surface area contributed by atoms with E-state index in [0.29, 0.717) is 19.4 Å². The molecule has 96 valence electrons. The Morgan fingerprint density at radius 3 is 2.06 bits per heavy atom. The monoisotopic (exact) mass is 229 g/mol. The van der Waals surface area contributed by atoms with Crippen LogP contribution in [0.15, 0.2) is 0 Å². The van der Waals surface area contributed by atoms with Gasteiger partial charge in [-0.05, 0) is 25.9 Å². The van der Waals surface area contributed by atoms with Gasteiger partial charge in [0.05, 0.1) is 5.54 Å². The van der Waals surface area contributed by atoms with Crippen molar-refractivity contribution in [3.63, 3.8) is 0 Å². The predicted octanol–water partition coefficient (Wildman–Crippen LogP) is 0.962. The number of rotatable bonds is 8. The van der Waals surface area contributed by atoms with Crippen molar-refractivity contribution in [1.29, 1.82) is 0 Å². The summed E-state index contributed by atoms with van der Waals surface area (Å²) in [6, 6.07) is 0. The number of carbonyl (C=O) groups excluding carboxylic acids is 1. The Bertz CT molecular complexity index is 198. The van der Waals surface area contributed by atoms with Crippen LogP contribution in [0.5, 0.6) is 0 Å². The number of hydrogen-bond donors (Lipinski definition) is 2. The van der Waals surface area contributed by atoms with Crippen LogP contribution in [-0.4, -0.2) is 42.5 Å². The maximum atomic E-state index is 11.8. The van der Waals surface area contributed by atoms with Crippen molar-refractivity contribution >= 4 is 5.91 Å². The Morgan fingerprint density at radius 1 is 1.19 bits per heavy atom. The summed E-state index contributed by atoms with van der Waals surface area (Å²) in [4.78, 5) is 14.1. The average Bonchev–Trinajstić information content (AvgIpc) is 2.33. The van der Waals surface area contributed by atoms with Crippen molar-refractivity contribution in [2.24, 2.45) is 5.73 Å². The van der Waals surface area contributed by atoms with Crippen LogP contribution in [0.2, 0.25) is 0 Å². The summed E-state index contributed by atoms with van der Waals surface area (Å²) in [5.74, 6) is -0.0235. The Morgan fingerprint density at radius 2 is 1.69 bits per heavy atom. The second-order valence-corrected chi connectivity index (χ2v) is 4.15. The van der Waals surface area contributed by atoms with Crippen LogP contribution >= 0.6 is 0 Å². The third kappa shape index (κ3) is 4.49. The molecule has 0 rings (SSSR count). The highest BCUT2D eigenvalue weighted by Crippen LogP contribution is 2.10. The molecule has 0 aromatic rings. The summed E-state index contributed by atoms with van der Waals surface area (Å²) in [5, 5.41) is 2.92. The van der Waals surface area contributed by atoms with Gasteiger partial charge in [0, 0.05) is 13.1 Å². The fraction of sp³-hybridized carbons (Fsp3) is 0.917. The number of nitrogens with one attached hydrogen (secondary N) is 1. The molecule has 3 N–H and O–H groups in total. The number of carbonyl (C=O) groups is 1. The Labute approximate surface area is 99.6 Å². The van der Waals surface area contributed by atoms with E-state index in [1.807, 2.05) is 13.8 Å². The molecule has 0 bridgehead atoms. The highest BCUT2D eigenvalue weighted by atomic mass is 16.2. The van der Waals surface area contributed by atoms with E-state index >= 15 is 0 Å². The van der Waals surface area contributed by atoms with Gasteiger partial charge in [-0.3, -0.25) is 4.79 Å². The average molecular weight is 229 g/mol. The maximum Gasteiger partial charge on any atom is 0.240 e. The van der Waals surface area contributed by atoms with Gasteiger partial charge in [0.1, 0.15) is 0 Å². The van der Waals surface area contributed by atoms with E-state index < -0.39 is 5.54 Å². The third-order valence-corrected chi connectivity index (χ3v) is 3.32. The number of nitrogens with two attached hydrogens (primary N) is 1. The lowest BCUT2D eigenvalue weighted by Crippen LogP contribution is -2.54. The van der Waals surface area contributed by atoms with Crippen molar-refractivity contribution in [2.45, 2.75) is 46.1 Å². The molecule has 4 nitrogen and oxygen atoms in total. The predicted molar refractivity (Wildman–Crippen MR) is 68.3 cm³/mol.